The molecule has 0 atom stereocenters. The van der Waals surface area contributed by atoms with Crippen molar-refractivity contribution in [2.45, 2.75) is 13.8 Å². The van der Waals surface area contributed by atoms with Crippen LogP contribution in [-0.4, -0.2) is 9.78 Å². The summed E-state index contributed by atoms with van der Waals surface area (Å²) in [5.74, 6) is 0. The maximum absolute atomic E-state index is 5.98. The number of halogens is 1. The van der Waals surface area contributed by atoms with Crippen LogP contribution in [-0.2, 0) is 7.05 Å². The first-order valence-electron chi connectivity index (χ1n) is 5.06. The minimum Gasteiger partial charge on any atom is -0.398 e. The molecule has 0 fully saturated rings. The molecule has 0 aliphatic heterocycles. The zero-order chi connectivity index (χ0) is 11.9. The molecule has 0 aliphatic carbocycles. The van der Waals surface area contributed by atoms with Crippen molar-refractivity contribution in [2.24, 2.45) is 7.05 Å². The third-order valence-electron chi connectivity index (χ3n) is 2.79. The number of aryl methyl sites for hydroxylation is 2. The molecule has 0 amide bonds. The molecule has 0 saturated carbocycles. The number of benzene rings is 1. The molecule has 0 unspecified atom stereocenters. The van der Waals surface area contributed by atoms with Crippen molar-refractivity contribution in [3.05, 3.63) is 34.6 Å². The number of hydrogen-bond donors (Lipinski definition) is 1. The van der Waals surface area contributed by atoms with E-state index in [0.29, 0.717) is 10.7 Å². The van der Waals surface area contributed by atoms with Crippen LogP contribution < -0.4 is 5.73 Å². The van der Waals surface area contributed by atoms with Crippen molar-refractivity contribution in [1.29, 1.82) is 0 Å². The Morgan fingerprint density at radius 2 is 2.00 bits per heavy atom. The van der Waals surface area contributed by atoms with Gasteiger partial charge < -0.3 is 5.73 Å². The highest BCUT2D eigenvalue weighted by atomic mass is 35.5. The minimum atomic E-state index is 0.653. The maximum Gasteiger partial charge on any atom is 0.0675 e. The molecular weight excluding hydrogens is 222 g/mol. The summed E-state index contributed by atoms with van der Waals surface area (Å²) in [6.45, 7) is 4.01. The van der Waals surface area contributed by atoms with Gasteiger partial charge in [-0.1, -0.05) is 17.7 Å². The van der Waals surface area contributed by atoms with Crippen LogP contribution in [0.15, 0.2) is 18.2 Å². The van der Waals surface area contributed by atoms with Gasteiger partial charge in [-0.3, -0.25) is 4.68 Å². The third kappa shape index (κ3) is 1.67. The molecule has 0 aliphatic rings. The second-order valence-electron chi connectivity index (χ2n) is 3.90. The van der Waals surface area contributed by atoms with E-state index in [-0.39, 0.29) is 0 Å². The van der Waals surface area contributed by atoms with E-state index in [2.05, 4.69) is 5.10 Å². The van der Waals surface area contributed by atoms with Gasteiger partial charge in [-0.2, -0.15) is 5.10 Å². The van der Waals surface area contributed by atoms with E-state index >= 15 is 0 Å². The second kappa shape index (κ2) is 3.83. The first-order chi connectivity index (χ1) is 7.50. The van der Waals surface area contributed by atoms with Crippen molar-refractivity contribution in [3.63, 3.8) is 0 Å². The summed E-state index contributed by atoms with van der Waals surface area (Å²) in [6, 6.07) is 5.55. The fourth-order valence-corrected chi connectivity index (χ4v) is 2.11. The van der Waals surface area contributed by atoms with E-state index in [0.717, 1.165) is 22.5 Å². The van der Waals surface area contributed by atoms with Gasteiger partial charge in [0.1, 0.15) is 0 Å². The van der Waals surface area contributed by atoms with Crippen molar-refractivity contribution in [1.82, 2.24) is 9.78 Å². The van der Waals surface area contributed by atoms with Gasteiger partial charge in [0.2, 0.25) is 0 Å². The van der Waals surface area contributed by atoms with Gasteiger partial charge in [0, 0.05) is 34.6 Å². The molecule has 0 bridgehead atoms. The van der Waals surface area contributed by atoms with E-state index in [1.54, 1.807) is 6.07 Å². The lowest BCUT2D eigenvalue weighted by Crippen LogP contribution is -1.94. The molecule has 84 valence electrons. The summed E-state index contributed by atoms with van der Waals surface area (Å²) >= 11 is 5.89. The summed E-state index contributed by atoms with van der Waals surface area (Å²) in [4.78, 5) is 0. The minimum absolute atomic E-state index is 0.653. The summed E-state index contributed by atoms with van der Waals surface area (Å²) in [6.07, 6.45) is 0. The fourth-order valence-electron chi connectivity index (χ4n) is 1.92. The predicted octanol–water partition coefficient (Wildman–Crippen LogP) is 2.94. The molecule has 0 saturated heterocycles. The number of anilines is 1. The fraction of sp³-hybridized carbons (Fsp3) is 0.250. The van der Waals surface area contributed by atoms with Gasteiger partial charge >= 0.3 is 0 Å². The summed E-state index contributed by atoms with van der Waals surface area (Å²) in [7, 11) is 1.93. The molecule has 3 nitrogen and oxygen atoms in total. The van der Waals surface area contributed by atoms with Gasteiger partial charge in [0.25, 0.3) is 0 Å². The molecular formula is C12H14ClN3. The van der Waals surface area contributed by atoms with Gasteiger partial charge in [-0.25, -0.2) is 0 Å². The highest BCUT2D eigenvalue weighted by Gasteiger charge is 2.13. The number of rotatable bonds is 1. The van der Waals surface area contributed by atoms with Crippen molar-refractivity contribution in [2.75, 3.05) is 5.73 Å². The monoisotopic (exact) mass is 235 g/mol. The predicted molar refractivity (Wildman–Crippen MR) is 67.5 cm³/mol. The Balaban J connectivity index is 2.67. The smallest absolute Gasteiger partial charge is 0.0675 e. The number of nitrogens with zero attached hydrogens (tertiary/aromatic N) is 2. The Kier molecular flexibility index (Phi) is 2.64. The van der Waals surface area contributed by atoms with Crippen molar-refractivity contribution < 1.29 is 0 Å². The largest absolute Gasteiger partial charge is 0.398 e. The van der Waals surface area contributed by atoms with Crippen LogP contribution >= 0.6 is 11.6 Å². The highest BCUT2D eigenvalue weighted by Crippen LogP contribution is 2.32. The number of aromatic nitrogens is 2. The van der Waals surface area contributed by atoms with Crippen molar-refractivity contribution in [3.8, 4) is 11.1 Å². The average molecular weight is 236 g/mol. The molecule has 0 radical (unpaired) electrons. The van der Waals surface area contributed by atoms with Crippen LogP contribution in [0.2, 0.25) is 5.02 Å². The van der Waals surface area contributed by atoms with Gasteiger partial charge in [0.15, 0.2) is 0 Å². The lowest BCUT2D eigenvalue weighted by Gasteiger charge is -2.06. The van der Waals surface area contributed by atoms with Gasteiger partial charge in [-0.15, -0.1) is 0 Å². The lowest BCUT2D eigenvalue weighted by molar-refractivity contribution is 0.731. The molecule has 1 aromatic carbocycles. The molecule has 2 rings (SSSR count). The molecule has 2 N–H and O–H groups in total. The highest BCUT2D eigenvalue weighted by molar-refractivity contribution is 6.31. The van der Waals surface area contributed by atoms with Gasteiger partial charge in [0.05, 0.1) is 5.69 Å². The molecule has 4 heteroatoms. The number of nitrogen functional groups attached to an aromatic ring is 1. The Labute approximate surface area is 99.8 Å². The Morgan fingerprint density at radius 3 is 2.50 bits per heavy atom. The topological polar surface area (TPSA) is 43.8 Å². The Hall–Kier alpha value is -1.48. The Bertz CT molecular complexity index is 543. The maximum atomic E-state index is 5.98. The number of nitrogens with two attached hydrogens (primary N) is 1. The first kappa shape index (κ1) is 11.0. The van der Waals surface area contributed by atoms with Crippen LogP contribution in [0.1, 0.15) is 11.4 Å². The lowest BCUT2D eigenvalue weighted by atomic mass is 10.0. The van der Waals surface area contributed by atoms with Crippen molar-refractivity contribution >= 4 is 17.3 Å². The van der Waals surface area contributed by atoms with Crippen LogP contribution in [0.3, 0.4) is 0 Å². The molecule has 16 heavy (non-hydrogen) atoms. The zero-order valence-electron chi connectivity index (χ0n) is 9.58. The van der Waals surface area contributed by atoms with E-state index in [4.69, 9.17) is 17.3 Å². The average Bonchev–Trinajstić information content (AvgIpc) is 2.43. The first-order valence-corrected chi connectivity index (χ1v) is 5.44. The zero-order valence-corrected chi connectivity index (χ0v) is 10.3. The van der Waals surface area contributed by atoms with Gasteiger partial charge in [-0.05, 0) is 26.0 Å². The van der Waals surface area contributed by atoms with E-state index in [1.807, 2.05) is 37.7 Å². The normalized spacial score (nSPS) is 10.8. The summed E-state index contributed by atoms with van der Waals surface area (Å²) < 4.78 is 1.86. The molecule has 0 spiro atoms. The van der Waals surface area contributed by atoms with E-state index in [1.165, 1.54) is 0 Å². The van der Waals surface area contributed by atoms with Crippen LogP contribution in [0.25, 0.3) is 11.1 Å². The summed E-state index contributed by atoms with van der Waals surface area (Å²) in [5, 5.41) is 5.03. The standard InChI is InChI=1S/C12H14ClN3/c1-7-12(8(2)16(3)15-7)10-5-4-9(13)6-11(10)14/h4-6H,14H2,1-3H3. The quantitative estimate of drug-likeness (QED) is 0.773. The van der Waals surface area contributed by atoms with E-state index in [9.17, 15) is 0 Å². The third-order valence-corrected chi connectivity index (χ3v) is 3.03. The van der Waals surface area contributed by atoms with Crippen LogP contribution in [0.4, 0.5) is 5.69 Å². The van der Waals surface area contributed by atoms with E-state index < -0.39 is 0 Å². The van der Waals surface area contributed by atoms with Crippen LogP contribution in [0.5, 0.6) is 0 Å². The Morgan fingerprint density at radius 1 is 1.31 bits per heavy atom. The molecule has 1 heterocycles. The second-order valence-corrected chi connectivity index (χ2v) is 4.34. The SMILES string of the molecule is Cc1nn(C)c(C)c1-c1ccc(Cl)cc1N. The molecule has 2 aromatic rings. The molecule has 1 aromatic heterocycles. The summed E-state index contributed by atoms with van der Waals surface area (Å²) in [5.41, 5.74) is 10.8. The van der Waals surface area contributed by atoms with Crippen LogP contribution in [0, 0.1) is 13.8 Å². The number of hydrogen-bond acceptors (Lipinski definition) is 2.